The number of nitrogens with zero attached hydrogens (tertiary/aromatic N) is 4. The molecule has 5 atom stereocenters. The van der Waals surface area contributed by atoms with Crippen LogP contribution in [-0.2, 0) is 19.1 Å². The van der Waals surface area contributed by atoms with Gasteiger partial charge in [-0.1, -0.05) is 64.1 Å². The van der Waals surface area contributed by atoms with Crippen molar-refractivity contribution in [3.63, 3.8) is 0 Å². The van der Waals surface area contributed by atoms with E-state index in [1.165, 1.54) is 14.2 Å². The number of carbonyl (C=O) groups excluding carboxylic acids is 4. The zero-order valence-electron chi connectivity index (χ0n) is 33.2. The van der Waals surface area contributed by atoms with Crippen molar-refractivity contribution < 1.29 is 38.6 Å². The predicted octanol–water partition coefficient (Wildman–Crippen LogP) is 4.90. The van der Waals surface area contributed by atoms with E-state index in [4.69, 9.17) is 14.5 Å². The lowest BCUT2D eigenvalue weighted by Gasteiger charge is -2.31. The third kappa shape index (κ3) is 8.74. The first kappa shape index (κ1) is 40.7. The first-order valence-corrected chi connectivity index (χ1v) is 19.4. The van der Waals surface area contributed by atoms with E-state index in [1.54, 1.807) is 28.1 Å². The van der Waals surface area contributed by atoms with Crippen LogP contribution >= 0.6 is 0 Å². The molecule has 0 aliphatic carbocycles. The van der Waals surface area contributed by atoms with Crippen molar-refractivity contribution in [1.82, 2.24) is 35.7 Å². The van der Waals surface area contributed by atoms with Crippen molar-refractivity contribution in [2.24, 2.45) is 16.8 Å². The summed E-state index contributed by atoms with van der Waals surface area (Å²) in [4.78, 5) is 79.9. The average molecular weight is 785 g/mol. The molecule has 3 aliphatic rings. The van der Waals surface area contributed by atoms with E-state index in [-0.39, 0.29) is 47.3 Å². The molecular weight excluding hydrogens is 732 g/mol. The number of aliphatic imine (C=N–C) groups is 1. The lowest BCUT2D eigenvalue weighted by atomic mass is 9.95. The number of nitrogens with one attached hydrogen (secondary N) is 4. The number of hydrogen-bond donors (Lipinski definition) is 5. The zero-order chi connectivity index (χ0) is 41.0. The van der Waals surface area contributed by atoms with Crippen molar-refractivity contribution in [1.29, 1.82) is 0 Å². The topological polar surface area (TPSA) is 208 Å². The summed E-state index contributed by atoms with van der Waals surface area (Å²) in [6.07, 6.45) is 3.37. The van der Waals surface area contributed by atoms with Gasteiger partial charge in [-0.15, -0.1) is 0 Å². The summed E-state index contributed by atoms with van der Waals surface area (Å²) in [5, 5.41) is 19.2. The van der Waals surface area contributed by atoms with Crippen LogP contribution in [0.5, 0.6) is 0 Å². The van der Waals surface area contributed by atoms with Crippen LogP contribution in [0.3, 0.4) is 0 Å². The summed E-state index contributed by atoms with van der Waals surface area (Å²) in [7, 11) is 2.53. The number of carbonyl (C=O) groups is 5. The van der Waals surface area contributed by atoms with E-state index in [9.17, 15) is 29.1 Å². The molecule has 4 heterocycles. The summed E-state index contributed by atoms with van der Waals surface area (Å²) >= 11 is 0. The van der Waals surface area contributed by atoms with Crippen LogP contribution in [0.25, 0.3) is 22.4 Å². The molecule has 16 heteroatoms. The Hall–Kier alpha value is -5.93. The minimum Gasteiger partial charge on any atom is -0.478 e. The Labute approximate surface area is 331 Å². The minimum atomic E-state index is -1.08. The van der Waals surface area contributed by atoms with Crippen molar-refractivity contribution in [2.45, 2.75) is 83.6 Å². The standard InChI is InChI=1S/C41H52N8O8/c1-22(2)33(46-40(54)56-5)37(50)48-17-7-9-31(48)35-42-20-29(44-35)25-13-11-24(12-14-25)27-16-15-26(19-28(27)39(52)53)30-21-43-36(45-30)32-10-8-18-49(32)38(51)34(23(3)4)47-41(55)57-6/h11-16,19,21-23,29,31-34H,7-10,17-18,20H2,1-6H3,(H,42,44)(H,43,45)(H,46,54)(H,47,55)(H,52,53)/t29?,31-,32-,33-,34-/m0/s1. The quantitative estimate of drug-likeness (QED) is 0.168. The Morgan fingerprint density at radius 2 is 1.37 bits per heavy atom. The van der Waals surface area contributed by atoms with Crippen LogP contribution in [0.2, 0.25) is 0 Å². The molecule has 0 radical (unpaired) electrons. The maximum absolute atomic E-state index is 13.6. The Balaban J connectivity index is 1.14. The number of rotatable bonds is 12. The maximum Gasteiger partial charge on any atom is 0.407 e. The number of benzene rings is 2. The number of carboxylic acids is 1. The number of imidazole rings is 1. The molecule has 1 unspecified atom stereocenters. The van der Waals surface area contributed by atoms with Gasteiger partial charge in [-0.2, -0.15) is 0 Å². The monoisotopic (exact) mass is 784 g/mol. The second kappa shape index (κ2) is 17.5. The molecule has 2 aromatic carbocycles. The van der Waals surface area contributed by atoms with Gasteiger partial charge in [0, 0.05) is 18.7 Å². The molecule has 3 aliphatic heterocycles. The first-order valence-electron chi connectivity index (χ1n) is 19.4. The molecule has 1 aromatic heterocycles. The predicted molar refractivity (Wildman–Crippen MR) is 211 cm³/mol. The van der Waals surface area contributed by atoms with E-state index < -0.39 is 30.2 Å². The molecule has 4 amide bonds. The number of aromatic carboxylic acids is 1. The molecule has 2 saturated heterocycles. The van der Waals surface area contributed by atoms with Gasteiger partial charge in [-0.25, -0.2) is 19.4 Å². The van der Waals surface area contributed by atoms with Crippen LogP contribution in [0.4, 0.5) is 9.59 Å². The van der Waals surface area contributed by atoms with E-state index >= 15 is 0 Å². The Morgan fingerprint density at radius 3 is 1.93 bits per heavy atom. The summed E-state index contributed by atoms with van der Waals surface area (Å²) < 4.78 is 9.48. The fourth-order valence-corrected chi connectivity index (χ4v) is 7.92. The van der Waals surface area contributed by atoms with Gasteiger partial charge in [0.25, 0.3) is 0 Å². The number of likely N-dealkylation sites (tertiary alicyclic amines) is 2. The molecule has 6 rings (SSSR count). The molecule has 0 spiro atoms. The minimum absolute atomic E-state index is 0.122. The number of amidine groups is 1. The van der Waals surface area contributed by atoms with E-state index in [0.717, 1.165) is 36.2 Å². The number of alkyl carbamates (subject to hydrolysis) is 2. The number of hydrogen-bond acceptors (Lipinski definition) is 10. The zero-order valence-corrected chi connectivity index (χ0v) is 33.2. The van der Waals surface area contributed by atoms with Gasteiger partial charge in [0.1, 0.15) is 23.7 Å². The summed E-state index contributed by atoms with van der Waals surface area (Å²) in [6, 6.07) is 10.8. The number of ether oxygens (including phenoxy) is 2. The molecule has 2 fully saturated rings. The molecule has 0 saturated carbocycles. The highest BCUT2D eigenvalue weighted by Gasteiger charge is 2.40. The molecule has 304 valence electrons. The molecule has 5 N–H and O–H groups in total. The van der Waals surface area contributed by atoms with Gasteiger partial charge in [0.05, 0.1) is 56.3 Å². The SMILES string of the molecule is COC(=O)N[C@H](C(=O)N1CCC[C@H]1C1=NCC(c2ccc(-c3ccc(-c4cnc([C@@H]5CCCN5C(=O)[C@@H](NC(=O)OC)C(C)C)[nH]4)cc3C(=O)O)cc2)N1)C(C)C. The highest BCUT2D eigenvalue weighted by Crippen LogP contribution is 2.35. The first-order chi connectivity index (χ1) is 27.3. The average Bonchev–Trinajstić information content (AvgIpc) is 4.05. The fraction of sp³-hybridized carbons (Fsp3) is 0.488. The van der Waals surface area contributed by atoms with Gasteiger partial charge >= 0.3 is 18.2 Å². The third-order valence-corrected chi connectivity index (χ3v) is 11.0. The van der Waals surface area contributed by atoms with Crippen LogP contribution in [0.1, 0.15) is 87.2 Å². The summed E-state index contributed by atoms with van der Waals surface area (Å²) in [6.45, 7) is 9.05. The molecule has 16 nitrogen and oxygen atoms in total. The highest BCUT2D eigenvalue weighted by molar-refractivity contribution is 5.98. The number of H-pyrrole nitrogens is 1. The van der Waals surface area contributed by atoms with Gasteiger partial charge in [0.2, 0.25) is 11.8 Å². The molecular formula is C41H52N8O8. The Bertz CT molecular complexity index is 2010. The smallest absolute Gasteiger partial charge is 0.407 e. The van der Waals surface area contributed by atoms with Crippen LogP contribution in [0.15, 0.2) is 53.7 Å². The van der Waals surface area contributed by atoms with E-state index in [2.05, 4.69) is 25.9 Å². The molecule has 57 heavy (non-hydrogen) atoms. The number of aromatic amines is 1. The Morgan fingerprint density at radius 1 is 0.807 bits per heavy atom. The summed E-state index contributed by atoms with van der Waals surface area (Å²) in [5.74, 6) is -0.421. The number of carboxylic acid groups (broad SMARTS) is 1. The normalized spacial score (nSPS) is 20.2. The van der Waals surface area contributed by atoms with Gasteiger partial charge in [-0.05, 0) is 60.3 Å². The Kier molecular flexibility index (Phi) is 12.5. The van der Waals surface area contributed by atoms with Crippen LogP contribution in [-0.4, -0.2) is 113 Å². The van der Waals surface area contributed by atoms with Crippen molar-refractivity contribution in [3.05, 3.63) is 65.6 Å². The highest BCUT2D eigenvalue weighted by atomic mass is 16.5. The largest absolute Gasteiger partial charge is 0.478 e. The van der Waals surface area contributed by atoms with Gasteiger partial charge < -0.3 is 45.3 Å². The van der Waals surface area contributed by atoms with Crippen LogP contribution < -0.4 is 16.0 Å². The van der Waals surface area contributed by atoms with Crippen molar-refractivity contribution in [3.8, 4) is 22.4 Å². The second-order valence-corrected chi connectivity index (χ2v) is 15.4. The maximum atomic E-state index is 13.6. The number of methoxy groups -OCH3 is 2. The van der Waals surface area contributed by atoms with Crippen molar-refractivity contribution >= 4 is 35.8 Å². The lowest BCUT2D eigenvalue weighted by Crippen LogP contribution is -2.54. The van der Waals surface area contributed by atoms with Crippen LogP contribution in [0, 0.1) is 11.8 Å². The summed E-state index contributed by atoms with van der Waals surface area (Å²) in [5.41, 5.74) is 3.64. The van der Waals surface area contributed by atoms with E-state index in [0.29, 0.717) is 48.7 Å². The number of aromatic nitrogens is 2. The van der Waals surface area contributed by atoms with Gasteiger partial charge in [-0.3, -0.25) is 14.6 Å². The second-order valence-electron chi connectivity index (χ2n) is 15.4. The molecule has 0 bridgehead atoms. The number of amides is 4. The van der Waals surface area contributed by atoms with E-state index in [1.807, 2.05) is 58.0 Å². The van der Waals surface area contributed by atoms with Crippen molar-refractivity contribution in [2.75, 3.05) is 33.9 Å². The lowest BCUT2D eigenvalue weighted by molar-refractivity contribution is -0.135. The van der Waals surface area contributed by atoms with Gasteiger partial charge in [0.15, 0.2) is 0 Å². The fourth-order valence-electron chi connectivity index (χ4n) is 7.92. The third-order valence-electron chi connectivity index (χ3n) is 11.0. The molecule has 3 aromatic rings.